The summed E-state index contributed by atoms with van der Waals surface area (Å²) in [5.74, 6) is -42.8. The molecule has 0 spiro atoms. The van der Waals surface area contributed by atoms with E-state index in [1.54, 1.807) is 0 Å². The minimum atomic E-state index is -6.25. The van der Waals surface area contributed by atoms with Crippen LogP contribution in [0.25, 0.3) is 16.7 Å². The summed E-state index contributed by atoms with van der Waals surface area (Å²) in [7, 11) is 0. The lowest BCUT2D eigenvalue weighted by Gasteiger charge is -2.16. The standard InChI is InChI=1S/C31H3F20N3/c1-29(44,45)14-23(38)17(32)11(18(33)24(14)39)5(2-52)8-9(6(3-53)12-19(34)25(40)15(30(46,47)48)26(41)20(12)35)10(8)7(4-54)13-21(36)27(42)16(31(49,50)51)28(43)22(13)37/h1H3. The van der Waals surface area contributed by atoms with E-state index in [0.717, 1.165) is 0 Å². The molecule has 1 aliphatic rings. The summed E-state index contributed by atoms with van der Waals surface area (Å²) in [6, 6.07) is 1.95. The Morgan fingerprint density at radius 2 is 0.537 bits per heavy atom. The van der Waals surface area contributed by atoms with E-state index >= 15 is 26.3 Å². The summed E-state index contributed by atoms with van der Waals surface area (Å²) in [5.41, 5.74) is -29.2. The fourth-order valence-electron chi connectivity index (χ4n) is 5.08. The van der Waals surface area contributed by atoms with E-state index in [2.05, 4.69) is 0 Å². The number of halogens is 20. The zero-order chi connectivity index (χ0) is 41.5. The lowest BCUT2D eigenvalue weighted by atomic mass is 9.97. The first-order valence-corrected chi connectivity index (χ1v) is 13.2. The number of nitrogens with zero attached hydrogens (tertiary/aromatic N) is 3. The van der Waals surface area contributed by atoms with Gasteiger partial charge in [0.15, 0.2) is 69.8 Å². The Hall–Kier alpha value is -6.05. The van der Waals surface area contributed by atoms with Gasteiger partial charge in [0.25, 0.3) is 5.92 Å². The zero-order valence-corrected chi connectivity index (χ0v) is 24.9. The zero-order valence-electron chi connectivity index (χ0n) is 24.9. The molecule has 0 amide bonds. The second-order valence-corrected chi connectivity index (χ2v) is 10.5. The van der Waals surface area contributed by atoms with Crippen molar-refractivity contribution in [1.82, 2.24) is 0 Å². The third kappa shape index (κ3) is 6.04. The Morgan fingerprint density at radius 3 is 0.685 bits per heavy atom. The Balaban J connectivity index is 2.38. The van der Waals surface area contributed by atoms with Crippen molar-refractivity contribution < 1.29 is 87.8 Å². The first-order valence-electron chi connectivity index (χ1n) is 13.2. The van der Waals surface area contributed by atoms with Crippen LogP contribution >= 0.6 is 0 Å². The van der Waals surface area contributed by atoms with Crippen molar-refractivity contribution in [3.63, 3.8) is 0 Å². The monoisotopic (exact) mass is 797 g/mol. The maximum atomic E-state index is 15.2. The van der Waals surface area contributed by atoms with Gasteiger partial charge in [-0.1, -0.05) is 0 Å². The number of nitriles is 3. The Labute approximate surface area is 284 Å². The summed E-state index contributed by atoms with van der Waals surface area (Å²) >= 11 is 0. The molecule has 282 valence electrons. The van der Waals surface area contributed by atoms with Gasteiger partial charge in [-0.2, -0.15) is 42.1 Å². The van der Waals surface area contributed by atoms with Gasteiger partial charge >= 0.3 is 12.4 Å². The van der Waals surface area contributed by atoms with Gasteiger partial charge in [0.1, 0.15) is 29.3 Å². The molecule has 3 aromatic carbocycles. The van der Waals surface area contributed by atoms with E-state index in [1.165, 1.54) is 0 Å². The molecular formula is C31H3F20N3. The molecule has 54 heavy (non-hydrogen) atoms. The van der Waals surface area contributed by atoms with Crippen molar-refractivity contribution in [2.24, 2.45) is 0 Å². The lowest BCUT2D eigenvalue weighted by Crippen LogP contribution is -2.18. The SMILES string of the molecule is CC(F)(F)c1c(F)c(F)c(C(C#N)=C2C(=C(C#N)c3c(F)c(F)c(C(F)(F)F)c(F)c3F)C2=C(C#N)c2c(F)c(F)c(C(F)(F)F)c(F)c2F)c(F)c1F. The molecule has 0 unspecified atom stereocenters. The molecule has 0 aromatic heterocycles. The van der Waals surface area contributed by atoms with Gasteiger partial charge in [-0.05, 0) is 0 Å². The van der Waals surface area contributed by atoms with Crippen molar-refractivity contribution in [1.29, 1.82) is 15.8 Å². The van der Waals surface area contributed by atoms with Crippen LogP contribution in [0.2, 0.25) is 0 Å². The molecule has 4 rings (SSSR count). The van der Waals surface area contributed by atoms with Crippen LogP contribution in [0.4, 0.5) is 87.8 Å². The number of hydrogen-bond acceptors (Lipinski definition) is 3. The van der Waals surface area contributed by atoms with E-state index in [0.29, 0.717) is 18.2 Å². The number of alkyl halides is 8. The van der Waals surface area contributed by atoms with Gasteiger partial charge < -0.3 is 0 Å². The number of hydrogen-bond donors (Lipinski definition) is 0. The third-order valence-corrected chi connectivity index (χ3v) is 7.32. The molecular weight excluding hydrogens is 794 g/mol. The predicted molar refractivity (Wildman–Crippen MR) is 136 cm³/mol. The van der Waals surface area contributed by atoms with Crippen molar-refractivity contribution >= 4 is 16.7 Å². The maximum absolute atomic E-state index is 15.2. The molecule has 1 saturated carbocycles. The van der Waals surface area contributed by atoms with Gasteiger partial charge in [0, 0.05) is 23.6 Å². The van der Waals surface area contributed by atoms with Crippen LogP contribution in [0.5, 0.6) is 0 Å². The van der Waals surface area contributed by atoms with Crippen molar-refractivity contribution in [2.75, 3.05) is 0 Å². The minimum absolute atomic E-state index is 0.311. The quantitative estimate of drug-likeness (QED) is 0.150. The summed E-state index contributed by atoms with van der Waals surface area (Å²) < 4.78 is 285. The summed E-state index contributed by atoms with van der Waals surface area (Å²) in [6.07, 6.45) is -12.5. The minimum Gasteiger partial charge on any atom is -0.203 e. The Kier molecular flexibility index (Phi) is 9.89. The Bertz CT molecular complexity index is 2070. The van der Waals surface area contributed by atoms with Crippen LogP contribution in [0.1, 0.15) is 40.3 Å². The highest BCUT2D eigenvalue weighted by atomic mass is 19.4. The highest BCUT2D eigenvalue weighted by Gasteiger charge is 2.50. The smallest absolute Gasteiger partial charge is 0.203 e. The van der Waals surface area contributed by atoms with Crippen LogP contribution in [-0.2, 0) is 18.3 Å². The fourth-order valence-corrected chi connectivity index (χ4v) is 5.08. The summed E-state index contributed by atoms with van der Waals surface area (Å²) in [6.45, 7) is -0.311. The molecule has 23 heteroatoms. The normalized spacial score (nSPS) is 15.1. The predicted octanol–water partition coefficient (Wildman–Crippen LogP) is 10.8. The Morgan fingerprint density at radius 1 is 0.352 bits per heavy atom. The van der Waals surface area contributed by atoms with Gasteiger partial charge in [-0.25, -0.2) is 61.5 Å². The highest BCUT2D eigenvalue weighted by molar-refractivity contribution is 6.12. The second-order valence-electron chi connectivity index (χ2n) is 10.5. The van der Waals surface area contributed by atoms with E-state index in [4.69, 9.17) is 0 Å². The molecule has 1 aliphatic carbocycles. The van der Waals surface area contributed by atoms with Crippen molar-refractivity contribution in [3.05, 3.63) is 120 Å². The molecule has 0 bridgehead atoms. The summed E-state index contributed by atoms with van der Waals surface area (Å²) in [4.78, 5) is 0. The maximum Gasteiger partial charge on any atom is 0.422 e. The van der Waals surface area contributed by atoms with E-state index in [-0.39, 0.29) is 6.92 Å². The van der Waals surface area contributed by atoms with Crippen LogP contribution in [-0.4, -0.2) is 0 Å². The van der Waals surface area contributed by atoms with E-state index < -0.39 is 155 Å². The lowest BCUT2D eigenvalue weighted by molar-refractivity contribution is -0.144. The number of rotatable bonds is 4. The van der Waals surface area contributed by atoms with Crippen molar-refractivity contribution in [2.45, 2.75) is 25.2 Å². The molecule has 0 N–H and O–H groups in total. The van der Waals surface area contributed by atoms with Crippen LogP contribution in [0.3, 0.4) is 0 Å². The molecule has 1 fully saturated rings. The molecule has 3 aromatic rings. The molecule has 0 radical (unpaired) electrons. The molecule has 0 saturated heterocycles. The number of benzene rings is 3. The van der Waals surface area contributed by atoms with Gasteiger partial charge in [0.2, 0.25) is 0 Å². The van der Waals surface area contributed by atoms with Crippen molar-refractivity contribution in [3.8, 4) is 18.2 Å². The largest absolute Gasteiger partial charge is 0.422 e. The molecule has 0 aliphatic heterocycles. The topological polar surface area (TPSA) is 71.4 Å². The number of allylic oxidation sites excluding steroid dienone is 6. The molecule has 0 atom stereocenters. The highest BCUT2D eigenvalue weighted by Crippen LogP contribution is 2.58. The fraction of sp³-hybridized carbons (Fsp3) is 0.129. The third-order valence-electron chi connectivity index (χ3n) is 7.32. The summed E-state index contributed by atoms with van der Waals surface area (Å²) in [5, 5.41) is 29.2. The van der Waals surface area contributed by atoms with Gasteiger partial charge in [0.05, 0.1) is 39.0 Å². The first-order chi connectivity index (χ1) is 24.6. The van der Waals surface area contributed by atoms with E-state index in [1.807, 2.05) is 0 Å². The molecule has 0 heterocycles. The average molecular weight is 797 g/mol. The van der Waals surface area contributed by atoms with E-state index in [9.17, 15) is 77.3 Å². The van der Waals surface area contributed by atoms with Gasteiger partial charge in [-0.15, -0.1) is 0 Å². The van der Waals surface area contributed by atoms with Crippen LogP contribution in [0.15, 0.2) is 16.7 Å². The van der Waals surface area contributed by atoms with Crippen LogP contribution in [0, 0.1) is 104 Å². The van der Waals surface area contributed by atoms with Crippen LogP contribution < -0.4 is 0 Å². The second kappa shape index (κ2) is 13.1. The first kappa shape index (κ1) is 40.7. The van der Waals surface area contributed by atoms with Gasteiger partial charge in [-0.3, -0.25) is 0 Å². The average Bonchev–Trinajstić information content (AvgIpc) is 3.76. The molecule has 3 nitrogen and oxygen atoms in total.